The van der Waals surface area contributed by atoms with Crippen LogP contribution in [-0.2, 0) is 14.4 Å². The van der Waals surface area contributed by atoms with Crippen LogP contribution < -0.4 is 5.32 Å². The maximum Gasteiger partial charge on any atom is 0.306 e. The lowest BCUT2D eigenvalue weighted by Crippen LogP contribution is -2.50. The molecule has 7 heteroatoms. The monoisotopic (exact) mass is 281 g/mol. The quantitative estimate of drug-likeness (QED) is 0.766. The third-order valence-electron chi connectivity index (χ3n) is 2.76. The van der Waals surface area contributed by atoms with E-state index in [2.05, 4.69) is 5.32 Å². The second kappa shape index (κ2) is 4.93. The summed E-state index contributed by atoms with van der Waals surface area (Å²) < 4.78 is 0. The molecule has 0 fully saturated rings. The van der Waals surface area contributed by atoms with E-state index < -0.39 is 35.4 Å². The first-order chi connectivity index (χ1) is 8.93. The third-order valence-corrected chi connectivity index (χ3v) is 3.91. The summed E-state index contributed by atoms with van der Waals surface area (Å²) in [6.07, 6.45) is -1.14. The second-order valence-electron chi connectivity index (χ2n) is 4.23. The van der Waals surface area contributed by atoms with Crippen molar-refractivity contribution in [3.63, 3.8) is 0 Å². The number of para-hydroxylation sites is 1. The van der Waals surface area contributed by atoms with Crippen molar-refractivity contribution in [1.82, 2.24) is 0 Å². The van der Waals surface area contributed by atoms with Crippen molar-refractivity contribution in [2.75, 3.05) is 5.32 Å². The van der Waals surface area contributed by atoms with Gasteiger partial charge in [-0.25, -0.2) is 0 Å². The number of fused-ring (bicyclic) bond motifs is 1. The summed E-state index contributed by atoms with van der Waals surface area (Å²) >= 11 is 0.875. The summed E-state index contributed by atoms with van der Waals surface area (Å²) in [5, 5.41) is 20.1. The molecule has 1 aromatic rings. The summed E-state index contributed by atoms with van der Waals surface area (Å²) in [7, 11) is 0. The molecule has 0 atom stereocenters. The topological polar surface area (TPSA) is 104 Å². The van der Waals surface area contributed by atoms with Gasteiger partial charge in [0.15, 0.2) is 0 Å². The molecule has 3 N–H and O–H groups in total. The Labute approximate surface area is 112 Å². The van der Waals surface area contributed by atoms with E-state index in [1.165, 1.54) is 0 Å². The van der Waals surface area contributed by atoms with Crippen LogP contribution in [0.3, 0.4) is 0 Å². The van der Waals surface area contributed by atoms with E-state index >= 15 is 0 Å². The molecule has 0 radical (unpaired) electrons. The van der Waals surface area contributed by atoms with Gasteiger partial charge in [-0.15, -0.1) is 0 Å². The lowest BCUT2D eigenvalue weighted by molar-refractivity contribution is -0.143. The zero-order chi connectivity index (χ0) is 14.0. The predicted octanol–water partition coefficient (Wildman–Crippen LogP) is 1.42. The number of benzene rings is 1. The first kappa shape index (κ1) is 13.4. The van der Waals surface area contributed by atoms with Gasteiger partial charge in [-0.05, 0) is 23.9 Å². The highest BCUT2D eigenvalue weighted by Crippen LogP contribution is 2.41. The summed E-state index contributed by atoms with van der Waals surface area (Å²) in [6.45, 7) is 0. The molecule has 0 saturated heterocycles. The number of hydrogen-bond acceptors (Lipinski definition) is 5. The first-order valence-corrected chi connectivity index (χ1v) is 6.28. The minimum atomic E-state index is -1.60. The molecule has 0 saturated carbocycles. The molecule has 0 aromatic heterocycles. The number of anilines is 1. The van der Waals surface area contributed by atoms with Crippen LogP contribution in [0.4, 0.5) is 5.69 Å². The van der Waals surface area contributed by atoms with Crippen LogP contribution in [0.25, 0.3) is 0 Å². The molecule has 1 aliphatic heterocycles. The van der Waals surface area contributed by atoms with Crippen molar-refractivity contribution in [2.24, 2.45) is 0 Å². The number of aliphatic carboxylic acids is 2. The lowest BCUT2D eigenvalue weighted by atomic mass is 9.91. The number of carbonyl (C=O) groups is 3. The smallest absolute Gasteiger partial charge is 0.306 e. The molecular weight excluding hydrogens is 270 g/mol. The number of hydrogen-bond donors (Lipinski definition) is 3. The molecule has 1 heterocycles. The minimum Gasteiger partial charge on any atom is -0.481 e. The Hall–Kier alpha value is -2.02. The average Bonchev–Trinajstić information content (AvgIpc) is 2.28. The molecule has 0 amide bonds. The van der Waals surface area contributed by atoms with Crippen molar-refractivity contribution in [3.8, 4) is 0 Å². The highest BCUT2D eigenvalue weighted by atomic mass is 32.2. The van der Waals surface area contributed by atoms with E-state index in [0.717, 1.165) is 11.8 Å². The SMILES string of the molecule is O=C(O)CC1(CC(=O)O)Nc2ccccc2SC1=O. The zero-order valence-corrected chi connectivity index (χ0v) is 10.6. The highest BCUT2D eigenvalue weighted by Gasteiger charge is 2.46. The number of rotatable bonds is 4. The van der Waals surface area contributed by atoms with Gasteiger partial charge in [0.05, 0.1) is 12.8 Å². The molecule has 0 unspecified atom stereocenters. The van der Waals surface area contributed by atoms with Crippen LogP contribution in [0.2, 0.25) is 0 Å². The molecule has 6 nitrogen and oxygen atoms in total. The Kier molecular flexibility index (Phi) is 3.48. The standard InChI is InChI=1S/C12H11NO5S/c14-9(15)5-12(6-10(16)17)11(18)19-8-4-2-1-3-7(8)13-12/h1-4,13H,5-6H2,(H,14,15)(H,16,17). The highest BCUT2D eigenvalue weighted by molar-refractivity contribution is 8.14. The average molecular weight is 281 g/mol. The van der Waals surface area contributed by atoms with Gasteiger partial charge >= 0.3 is 11.9 Å². The molecule has 1 aliphatic rings. The fourth-order valence-corrected chi connectivity index (χ4v) is 2.94. The number of nitrogens with one attached hydrogen (secondary N) is 1. The molecular formula is C12H11NO5S. The normalized spacial score (nSPS) is 16.3. The number of thioether (sulfide) groups is 1. The predicted molar refractivity (Wildman–Crippen MR) is 68.2 cm³/mol. The van der Waals surface area contributed by atoms with E-state index in [1.807, 2.05) is 0 Å². The van der Waals surface area contributed by atoms with Crippen LogP contribution in [0.1, 0.15) is 12.8 Å². The Morgan fingerprint density at radius 3 is 2.32 bits per heavy atom. The van der Waals surface area contributed by atoms with Gasteiger partial charge in [-0.3, -0.25) is 14.4 Å². The van der Waals surface area contributed by atoms with Crippen LogP contribution in [0.5, 0.6) is 0 Å². The number of carboxylic acids is 2. The minimum absolute atomic E-state index is 0.490. The third kappa shape index (κ3) is 2.70. The summed E-state index contributed by atoms with van der Waals surface area (Å²) in [5.41, 5.74) is -1.02. The van der Waals surface area contributed by atoms with Crippen molar-refractivity contribution < 1.29 is 24.6 Å². The summed E-state index contributed by atoms with van der Waals surface area (Å²) in [4.78, 5) is 34.6. The van der Waals surface area contributed by atoms with Gasteiger partial charge < -0.3 is 15.5 Å². The molecule has 2 rings (SSSR count). The van der Waals surface area contributed by atoms with Crippen molar-refractivity contribution >= 4 is 34.5 Å². The van der Waals surface area contributed by atoms with E-state index in [9.17, 15) is 14.4 Å². The van der Waals surface area contributed by atoms with Gasteiger partial charge in [-0.1, -0.05) is 12.1 Å². The van der Waals surface area contributed by atoms with Crippen molar-refractivity contribution in [2.45, 2.75) is 23.3 Å². The number of carbonyl (C=O) groups excluding carboxylic acids is 1. The first-order valence-electron chi connectivity index (χ1n) is 5.46. The Morgan fingerprint density at radius 1 is 1.16 bits per heavy atom. The van der Waals surface area contributed by atoms with E-state index in [4.69, 9.17) is 10.2 Å². The van der Waals surface area contributed by atoms with E-state index in [0.29, 0.717) is 10.6 Å². The van der Waals surface area contributed by atoms with Crippen LogP contribution in [0.15, 0.2) is 29.2 Å². The van der Waals surface area contributed by atoms with Gasteiger partial charge in [0.25, 0.3) is 0 Å². The Bertz CT molecular complexity index is 541. The van der Waals surface area contributed by atoms with Crippen molar-refractivity contribution in [3.05, 3.63) is 24.3 Å². The Balaban J connectivity index is 2.41. The van der Waals surface area contributed by atoms with Crippen molar-refractivity contribution in [1.29, 1.82) is 0 Å². The maximum absolute atomic E-state index is 12.1. The molecule has 100 valence electrons. The summed E-state index contributed by atoms with van der Waals surface area (Å²) in [5.74, 6) is -2.44. The molecule has 0 bridgehead atoms. The molecule has 1 aromatic carbocycles. The van der Waals surface area contributed by atoms with Gasteiger partial charge in [0, 0.05) is 10.6 Å². The largest absolute Gasteiger partial charge is 0.481 e. The fraction of sp³-hybridized carbons (Fsp3) is 0.250. The van der Waals surface area contributed by atoms with Crippen LogP contribution in [0, 0.1) is 0 Å². The van der Waals surface area contributed by atoms with Gasteiger partial charge in [-0.2, -0.15) is 0 Å². The second-order valence-corrected chi connectivity index (χ2v) is 5.25. The fourth-order valence-electron chi connectivity index (χ4n) is 1.98. The van der Waals surface area contributed by atoms with Gasteiger partial charge in [0.1, 0.15) is 5.54 Å². The lowest BCUT2D eigenvalue weighted by Gasteiger charge is -2.35. The van der Waals surface area contributed by atoms with Crippen LogP contribution >= 0.6 is 11.8 Å². The molecule has 0 spiro atoms. The Morgan fingerprint density at radius 2 is 1.74 bits per heavy atom. The summed E-state index contributed by atoms with van der Waals surface area (Å²) in [6, 6.07) is 6.89. The number of carboxylic acid groups (broad SMARTS) is 2. The van der Waals surface area contributed by atoms with E-state index in [1.54, 1.807) is 24.3 Å². The zero-order valence-electron chi connectivity index (χ0n) is 9.75. The molecule has 0 aliphatic carbocycles. The van der Waals surface area contributed by atoms with Gasteiger partial charge in [0.2, 0.25) is 5.12 Å². The maximum atomic E-state index is 12.1. The molecule has 19 heavy (non-hydrogen) atoms. The van der Waals surface area contributed by atoms with E-state index in [-0.39, 0.29) is 0 Å². The van der Waals surface area contributed by atoms with Crippen LogP contribution in [-0.4, -0.2) is 32.8 Å².